The van der Waals surface area contributed by atoms with Gasteiger partial charge >= 0.3 is 5.97 Å². The lowest BCUT2D eigenvalue weighted by molar-refractivity contribution is -0.136. The lowest BCUT2D eigenvalue weighted by Gasteiger charge is -2.10. The molecule has 0 fully saturated rings. The fourth-order valence-corrected chi connectivity index (χ4v) is 2.01. The van der Waals surface area contributed by atoms with Crippen molar-refractivity contribution < 1.29 is 19.0 Å². The van der Waals surface area contributed by atoms with E-state index in [1.54, 1.807) is 49.8 Å². The van der Waals surface area contributed by atoms with Crippen LogP contribution in [0.15, 0.2) is 48.8 Å². The van der Waals surface area contributed by atoms with E-state index in [0.29, 0.717) is 17.2 Å². The Labute approximate surface area is 126 Å². The molecule has 1 aromatic heterocycles. The fraction of sp³-hybridized carbons (Fsp3) is 0.125. The molecule has 6 heteroatoms. The van der Waals surface area contributed by atoms with Gasteiger partial charge in [0.2, 0.25) is 0 Å². The highest BCUT2D eigenvalue weighted by atomic mass is 16.6. The third-order valence-electron chi connectivity index (χ3n) is 3.04. The van der Waals surface area contributed by atoms with E-state index >= 15 is 0 Å². The molecule has 0 amide bonds. The first-order valence-corrected chi connectivity index (χ1v) is 6.66. The second kappa shape index (κ2) is 6.17. The van der Waals surface area contributed by atoms with Crippen molar-refractivity contribution in [2.75, 3.05) is 13.7 Å². The minimum absolute atomic E-state index is 0.207. The fourth-order valence-electron chi connectivity index (χ4n) is 2.01. The number of ether oxygens (including phenoxy) is 3. The quantitative estimate of drug-likeness (QED) is 0.579. The van der Waals surface area contributed by atoms with E-state index in [4.69, 9.17) is 14.2 Å². The molecule has 0 aliphatic heterocycles. The molecule has 6 nitrogen and oxygen atoms in total. The molecular weight excluding hydrogens is 284 g/mol. The molecule has 3 aromatic rings. The van der Waals surface area contributed by atoms with Gasteiger partial charge in [0.1, 0.15) is 5.75 Å². The van der Waals surface area contributed by atoms with Crippen molar-refractivity contribution >= 4 is 17.0 Å². The summed E-state index contributed by atoms with van der Waals surface area (Å²) >= 11 is 0. The van der Waals surface area contributed by atoms with Gasteiger partial charge in [-0.15, -0.1) is 0 Å². The summed E-state index contributed by atoms with van der Waals surface area (Å²) in [6.45, 7) is -0.207. The van der Waals surface area contributed by atoms with Crippen molar-refractivity contribution in [2.24, 2.45) is 0 Å². The molecule has 1 heterocycles. The first kappa shape index (κ1) is 13.9. The summed E-state index contributed by atoms with van der Waals surface area (Å²) in [6.07, 6.45) is 1.58. The van der Waals surface area contributed by atoms with Gasteiger partial charge in [-0.25, -0.2) is 9.78 Å². The predicted octanol–water partition coefficient (Wildman–Crippen LogP) is 2.56. The number of carbonyl (C=O) groups is 1. The molecule has 0 spiro atoms. The summed E-state index contributed by atoms with van der Waals surface area (Å²) in [6, 6.07) is 12.3. The third-order valence-corrected chi connectivity index (χ3v) is 3.04. The summed E-state index contributed by atoms with van der Waals surface area (Å²) in [5.41, 5.74) is 1.61. The predicted molar refractivity (Wildman–Crippen MR) is 80.2 cm³/mol. The monoisotopic (exact) mass is 298 g/mol. The Bertz CT molecular complexity index is 797. The van der Waals surface area contributed by atoms with E-state index < -0.39 is 5.97 Å². The average molecular weight is 298 g/mol. The molecule has 0 unspecified atom stereocenters. The molecule has 2 aromatic carbocycles. The minimum Gasteiger partial charge on any atom is -0.493 e. The molecule has 22 heavy (non-hydrogen) atoms. The Kier molecular flexibility index (Phi) is 3.91. The Hall–Kier alpha value is -3.02. The van der Waals surface area contributed by atoms with Gasteiger partial charge in [0, 0.05) is 6.07 Å². The zero-order chi connectivity index (χ0) is 15.4. The number of aromatic amines is 1. The number of aromatic nitrogens is 2. The van der Waals surface area contributed by atoms with E-state index in [1.165, 1.54) is 0 Å². The molecule has 0 saturated carbocycles. The molecule has 0 saturated heterocycles. The van der Waals surface area contributed by atoms with Gasteiger partial charge in [-0.2, -0.15) is 0 Å². The average Bonchev–Trinajstić information content (AvgIpc) is 3.01. The maximum absolute atomic E-state index is 11.8. The Balaban J connectivity index is 1.62. The van der Waals surface area contributed by atoms with Gasteiger partial charge in [-0.3, -0.25) is 0 Å². The van der Waals surface area contributed by atoms with Crippen LogP contribution in [0.4, 0.5) is 0 Å². The molecule has 1 N–H and O–H groups in total. The highest BCUT2D eigenvalue weighted by molar-refractivity contribution is 5.79. The number of nitrogens with one attached hydrogen (secondary N) is 1. The number of hydrogen-bond acceptors (Lipinski definition) is 5. The molecular formula is C16H14N2O4. The van der Waals surface area contributed by atoms with Crippen LogP contribution in [0.2, 0.25) is 0 Å². The number of hydrogen-bond donors (Lipinski definition) is 1. The standard InChI is InChI=1S/C16H14N2O4/c1-20-14-4-2-3-5-15(14)21-9-16(19)22-11-6-7-12-13(8-11)18-10-17-12/h2-8,10H,9H2,1H3,(H,17,18). The zero-order valence-corrected chi connectivity index (χ0v) is 11.9. The van der Waals surface area contributed by atoms with Crippen molar-refractivity contribution in [3.05, 3.63) is 48.8 Å². The molecule has 0 aliphatic rings. The maximum Gasteiger partial charge on any atom is 0.349 e. The molecule has 3 rings (SSSR count). The van der Waals surface area contributed by atoms with Gasteiger partial charge in [0.15, 0.2) is 18.1 Å². The minimum atomic E-state index is -0.496. The Morgan fingerprint density at radius 3 is 2.82 bits per heavy atom. The van der Waals surface area contributed by atoms with Crippen molar-refractivity contribution in [2.45, 2.75) is 0 Å². The van der Waals surface area contributed by atoms with Crippen LogP contribution in [0.25, 0.3) is 11.0 Å². The number of carbonyl (C=O) groups excluding carboxylic acids is 1. The summed E-state index contributed by atoms with van der Waals surface area (Å²) < 4.78 is 15.8. The van der Waals surface area contributed by atoms with Crippen molar-refractivity contribution in [1.82, 2.24) is 9.97 Å². The third kappa shape index (κ3) is 3.01. The van der Waals surface area contributed by atoms with Crippen LogP contribution < -0.4 is 14.2 Å². The van der Waals surface area contributed by atoms with Crippen LogP contribution in [-0.4, -0.2) is 29.7 Å². The van der Waals surface area contributed by atoms with Crippen LogP contribution in [0.3, 0.4) is 0 Å². The number of imidazole rings is 1. The largest absolute Gasteiger partial charge is 0.493 e. The highest BCUT2D eigenvalue weighted by Gasteiger charge is 2.09. The number of nitrogens with zero attached hydrogens (tertiary/aromatic N) is 1. The van der Waals surface area contributed by atoms with Gasteiger partial charge < -0.3 is 19.2 Å². The molecule has 0 radical (unpaired) electrons. The van der Waals surface area contributed by atoms with Crippen molar-refractivity contribution in [3.8, 4) is 17.2 Å². The number of rotatable bonds is 5. The van der Waals surface area contributed by atoms with Crippen LogP contribution in [0, 0.1) is 0 Å². The summed E-state index contributed by atoms with van der Waals surface area (Å²) in [5, 5.41) is 0. The number of H-pyrrole nitrogens is 1. The number of esters is 1. The normalized spacial score (nSPS) is 10.4. The maximum atomic E-state index is 11.8. The lowest BCUT2D eigenvalue weighted by atomic mass is 10.3. The summed E-state index contributed by atoms with van der Waals surface area (Å²) in [4.78, 5) is 18.9. The first-order valence-electron chi connectivity index (χ1n) is 6.66. The smallest absolute Gasteiger partial charge is 0.349 e. The van der Waals surface area contributed by atoms with Gasteiger partial charge in [-0.1, -0.05) is 12.1 Å². The first-order chi connectivity index (χ1) is 10.8. The van der Waals surface area contributed by atoms with Crippen LogP contribution in [-0.2, 0) is 4.79 Å². The SMILES string of the molecule is COc1ccccc1OCC(=O)Oc1ccc2nc[nH]c2c1. The molecule has 0 bridgehead atoms. The van der Waals surface area contributed by atoms with E-state index in [9.17, 15) is 4.79 Å². The van der Waals surface area contributed by atoms with Crippen molar-refractivity contribution in [3.63, 3.8) is 0 Å². The number of para-hydroxylation sites is 2. The molecule has 0 aliphatic carbocycles. The van der Waals surface area contributed by atoms with Gasteiger partial charge in [-0.05, 0) is 24.3 Å². The molecule has 0 atom stereocenters. The number of fused-ring (bicyclic) bond motifs is 1. The van der Waals surface area contributed by atoms with E-state index in [1.807, 2.05) is 6.07 Å². The molecule has 112 valence electrons. The summed E-state index contributed by atoms with van der Waals surface area (Å²) in [7, 11) is 1.54. The van der Waals surface area contributed by atoms with Crippen LogP contribution in [0.1, 0.15) is 0 Å². The summed E-state index contributed by atoms with van der Waals surface area (Å²) in [5.74, 6) is 0.996. The Morgan fingerprint density at radius 2 is 2.00 bits per heavy atom. The van der Waals surface area contributed by atoms with Crippen molar-refractivity contribution in [1.29, 1.82) is 0 Å². The second-order valence-corrected chi connectivity index (χ2v) is 4.50. The Morgan fingerprint density at radius 1 is 1.18 bits per heavy atom. The van der Waals surface area contributed by atoms with Gasteiger partial charge in [0.05, 0.1) is 24.5 Å². The second-order valence-electron chi connectivity index (χ2n) is 4.50. The zero-order valence-electron chi connectivity index (χ0n) is 11.9. The highest BCUT2D eigenvalue weighted by Crippen LogP contribution is 2.25. The van der Waals surface area contributed by atoms with E-state index in [2.05, 4.69) is 9.97 Å². The number of benzene rings is 2. The number of methoxy groups -OCH3 is 1. The lowest BCUT2D eigenvalue weighted by Crippen LogP contribution is -2.17. The topological polar surface area (TPSA) is 73.4 Å². The van der Waals surface area contributed by atoms with Crippen LogP contribution >= 0.6 is 0 Å². The van der Waals surface area contributed by atoms with Crippen LogP contribution in [0.5, 0.6) is 17.2 Å². The van der Waals surface area contributed by atoms with Gasteiger partial charge in [0.25, 0.3) is 0 Å². The van der Waals surface area contributed by atoms with E-state index in [-0.39, 0.29) is 6.61 Å². The van der Waals surface area contributed by atoms with E-state index in [0.717, 1.165) is 11.0 Å².